The summed E-state index contributed by atoms with van der Waals surface area (Å²) in [5, 5.41) is 12.4. The lowest BCUT2D eigenvalue weighted by Crippen LogP contribution is -2.17. The van der Waals surface area contributed by atoms with E-state index >= 15 is 0 Å². The number of fused-ring (bicyclic) bond motifs is 1. The van der Waals surface area contributed by atoms with Gasteiger partial charge >= 0.3 is 0 Å². The zero-order valence-electron chi connectivity index (χ0n) is 13.4. The van der Waals surface area contributed by atoms with Crippen molar-refractivity contribution in [2.24, 2.45) is 0 Å². The summed E-state index contributed by atoms with van der Waals surface area (Å²) in [5.74, 6) is 0.703. The Morgan fingerprint density at radius 1 is 1.43 bits per heavy atom. The monoisotopic (exact) mass is 317 g/mol. The summed E-state index contributed by atoms with van der Waals surface area (Å²) in [5.41, 5.74) is 2.54. The van der Waals surface area contributed by atoms with Crippen LogP contribution in [0.4, 0.5) is 5.82 Å². The van der Waals surface area contributed by atoms with Crippen LogP contribution in [0.3, 0.4) is 0 Å². The highest BCUT2D eigenvalue weighted by molar-refractivity contribution is 5.82. The summed E-state index contributed by atoms with van der Waals surface area (Å²) in [6.45, 7) is 3.50. The van der Waals surface area contributed by atoms with Crippen molar-refractivity contribution in [3.8, 4) is 0 Å². The Hall–Kier alpha value is -1.99. The van der Waals surface area contributed by atoms with Gasteiger partial charge in [-0.15, -0.1) is 0 Å². The van der Waals surface area contributed by atoms with Crippen molar-refractivity contribution in [2.75, 3.05) is 25.1 Å². The summed E-state index contributed by atoms with van der Waals surface area (Å²) in [6.07, 6.45) is 9.41. The second-order valence-corrected chi connectivity index (χ2v) is 5.62. The number of anilines is 1. The van der Waals surface area contributed by atoms with Crippen LogP contribution in [0.15, 0.2) is 24.3 Å². The van der Waals surface area contributed by atoms with Crippen molar-refractivity contribution in [3.63, 3.8) is 0 Å². The molecule has 0 bridgehead atoms. The molecule has 1 atom stereocenters. The number of aliphatic hydroxyl groups excluding tert-OH is 1. The SMILES string of the molecule is CC/C(=C\CNc1ncnc2c1ncn2C1CCCCO1)CO. The molecule has 1 aliphatic rings. The van der Waals surface area contributed by atoms with Crippen molar-refractivity contribution < 1.29 is 9.84 Å². The number of hydrogen-bond acceptors (Lipinski definition) is 6. The van der Waals surface area contributed by atoms with E-state index in [1.165, 1.54) is 0 Å². The average Bonchev–Trinajstić information content (AvgIpc) is 3.04. The number of ether oxygens (including phenoxy) is 1. The van der Waals surface area contributed by atoms with E-state index in [0.29, 0.717) is 12.4 Å². The minimum atomic E-state index is 0.0116. The molecule has 7 heteroatoms. The first-order valence-corrected chi connectivity index (χ1v) is 8.15. The van der Waals surface area contributed by atoms with E-state index in [0.717, 1.165) is 49.0 Å². The molecule has 0 amide bonds. The number of rotatable bonds is 6. The van der Waals surface area contributed by atoms with Crippen LogP contribution in [0, 0.1) is 0 Å². The zero-order chi connectivity index (χ0) is 16.1. The Morgan fingerprint density at radius 3 is 3.09 bits per heavy atom. The first kappa shape index (κ1) is 15.9. The van der Waals surface area contributed by atoms with Gasteiger partial charge < -0.3 is 15.2 Å². The van der Waals surface area contributed by atoms with Crippen LogP contribution in [-0.2, 0) is 4.74 Å². The Balaban J connectivity index is 1.79. The van der Waals surface area contributed by atoms with E-state index in [-0.39, 0.29) is 12.8 Å². The van der Waals surface area contributed by atoms with Gasteiger partial charge in [0.2, 0.25) is 0 Å². The lowest BCUT2D eigenvalue weighted by atomic mass is 10.2. The second-order valence-electron chi connectivity index (χ2n) is 5.62. The van der Waals surface area contributed by atoms with Gasteiger partial charge in [0.15, 0.2) is 17.0 Å². The lowest BCUT2D eigenvalue weighted by molar-refractivity contribution is -0.0298. The Kier molecular flexibility index (Phi) is 5.19. The summed E-state index contributed by atoms with van der Waals surface area (Å²) in [4.78, 5) is 13.1. The molecule has 1 fully saturated rings. The van der Waals surface area contributed by atoms with Gasteiger partial charge in [0.1, 0.15) is 12.6 Å². The van der Waals surface area contributed by atoms with Gasteiger partial charge in [-0.2, -0.15) is 0 Å². The van der Waals surface area contributed by atoms with Gasteiger partial charge in [0.25, 0.3) is 0 Å². The summed E-state index contributed by atoms with van der Waals surface area (Å²) < 4.78 is 7.81. The van der Waals surface area contributed by atoms with Gasteiger partial charge in [-0.25, -0.2) is 15.0 Å². The standard InChI is InChI=1S/C16H23N5O2/c1-2-12(9-22)6-7-17-15-14-16(19-10-18-15)21(11-20-14)13-5-3-4-8-23-13/h6,10-11,13,22H,2-5,7-9H2,1H3,(H,17,18,19)/b12-6+. The van der Waals surface area contributed by atoms with Gasteiger partial charge in [-0.3, -0.25) is 4.57 Å². The number of aliphatic hydroxyl groups is 1. The predicted molar refractivity (Wildman–Crippen MR) is 88.1 cm³/mol. The maximum atomic E-state index is 9.19. The van der Waals surface area contributed by atoms with Crippen molar-refractivity contribution in [1.82, 2.24) is 19.5 Å². The van der Waals surface area contributed by atoms with Crippen LogP contribution in [0.25, 0.3) is 11.2 Å². The normalized spacial score (nSPS) is 19.2. The van der Waals surface area contributed by atoms with E-state index in [9.17, 15) is 5.11 Å². The van der Waals surface area contributed by atoms with Crippen LogP contribution in [0.2, 0.25) is 0 Å². The molecule has 7 nitrogen and oxygen atoms in total. The summed E-state index contributed by atoms with van der Waals surface area (Å²) >= 11 is 0. The van der Waals surface area contributed by atoms with Crippen molar-refractivity contribution in [3.05, 3.63) is 24.3 Å². The van der Waals surface area contributed by atoms with Gasteiger partial charge in [-0.1, -0.05) is 13.0 Å². The third-order valence-electron chi connectivity index (χ3n) is 4.14. The second kappa shape index (κ2) is 7.52. The topological polar surface area (TPSA) is 85.1 Å². The molecular weight excluding hydrogens is 294 g/mol. The van der Waals surface area contributed by atoms with Gasteiger partial charge in [-0.05, 0) is 31.3 Å². The smallest absolute Gasteiger partial charge is 0.167 e. The highest BCUT2D eigenvalue weighted by Crippen LogP contribution is 2.27. The molecule has 0 aromatic carbocycles. The number of aromatic nitrogens is 4. The fraction of sp³-hybridized carbons (Fsp3) is 0.562. The first-order valence-electron chi connectivity index (χ1n) is 8.15. The van der Waals surface area contributed by atoms with E-state index in [2.05, 4.69) is 20.3 Å². The number of nitrogens with one attached hydrogen (secondary N) is 1. The molecule has 2 aromatic heterocycles. The van der Waals surface area contributed by atoms with Gasteiger partial charge in [0, 0.05) is 13.2 Å². The van der Waals surface area contributed by atoms with Crippen LogP contribution < -0.4 is 5.32 Å². The molecule has 3 rings (SSSR count). The molecular formula is C16H23N5O2. The molecule has 0 aliphatic carbocycles. The highest BCUT2D eigenvalue weighted by atomic mass is 16.5. The van der Waals surface area contributed by atoms with Crippen LogP contribution in [0.1, 0.15) is 38.8 Å². The molecule has 23 heavy (non-hydrogen) atoms. The minimum Gasteiger partial charge on any atom is -0.392 e. The van der Waals surface area contributed by atoms with Crippen LogP contribution in [-0.4, -0.2) is 44.4 Å². The van der Waals surface area contributed by atoms with Crippen LogP contribution in [0.5, 0.6) is 0 Å². The third kappa shape index (κ3) is 3.51. The Morgan fingerprint density at radius 2 is 2.35 bits per heavy atom. The molecule has 1 saturated heterocycles. The summed E-state index contributed by atoms with van der Waals surface area (Å²) in [7, 11) is 0. The van der Waals surface area contributed by atoms with Crippen LogP contribution >= 0.6 is 0 Å². The maximum absolute atomic E-state index is 9.19. The van der Waals surface area contributed by atoms with Crippen molar-refractivity contribution >= 4 is 17.0 Å². The quantitative estimate of drug-likeness (QED) is 0.795. The van der Waals surface area contributed by atoms with E-state index in [1.807, 2.05) is 17.6 Å². The molecule has 124 valence electrons. The molecule has 2 aromatic rings. The van der Waals surface area contributed by atoms with Crippen molar-refractivity contribution in [2.45, 2.75) is 38.8 Å². The maximum Gasteiger partial charge on any atom is 0.167 e. The van der Waals surface area contributed by atoms with E-state index < -0.39 is 0 Å². The molecule has 1 unspecified atom stereocenters. The molecule has 1 aliphatic heterocycles. The number of nitrogens with zero attached hydrogens (tertiary/aromatic N) is 4. The molecule has 3 heterocycles. The number of imidazole rings is 1. The molecule has 2 N–H and O–H groups in total. The third-order valence-corrected chi connectivity index (χ3v) is 4.14. The lowest BCUT2D eigenvalue weighted by Gasteiger charge is -2.23. The van der Waals surface area contributed by atoms with E-state index in [4.69, 9.17) is 4.74 Å². The average molecular weight is 317 g/mol. The first-order chi connectivity index (χ1) is 11.3. The summed E-state index contributed by atoms with van der Waals surface area (Å²) in [6, 6.07) is 0. The fourth-order valence-electron chi connectivity index (χ4n) is 2.75. The highest BCUT2D eigenvalue weighted by Gasteiger charge is 2.19. The Bertz CT molecular complexity index is 670. The van der Waals surface area contributed by atoms with Crippen molar-refractivity contribution in [1.29, 1.82) is 0 Å². The molecule has 0 spiro atoms. The largest absolute Gasteiger partial charge is 0.392 e. The predicted octanol–water partition coefficient (Wildman–Crippen LogP) is 2.27. The molecule has 0 saturated carbocycles. The number of hydrogen-bond donors (Lipinski definition) is 2. The van der Waals surface area contributed by atoms with E-state index in [1.54, 1.807) is 12.7 Å². The zero-order valence-corrected chi connectivity index (χ0v) is 13.4. The fourth-order valence-corrected chi connectivity index (χ4v) is 2.75. The minimum absolute atomic E-state index is 0.0116. The van der Waals surface area contributed by atoms with Gasteiger partial charge in [0.05, 0.1) is 12.9 Å². The molecule has 0 radical (unpaired) electrons. The Labute approximate surface area is 135 Å².